The van der Waals surface area contributed by atoms with E-state index in [1.807, 2.05) is 31.3 Å². The van der Waals surface area contributed by atoms with Gasteiger partial charge in [-0.15, -0.1) is 24.0 Å². The first-order chi connectivity index (χ1) is 15.1. The number of likely N-dealkylation sites (tertiary alicyclic amines) is 2. The molecule has 0 spiro atoms. The highest BCUT2D eigenvalue weighted by atomic mass is 127. The van der Waals surface area contributed by atoms with E-state index in [0.29, 0.717) is 13.2 Å². The molecule has 0 atom stereocenters. The Hall–Kier alpha value is -1.10. The summed E-state index contributed by atoms with van der Waals surface area (Å²) in [6, 6.07) is 8.06. The summed E-state index contributed by atoms with van der Waals surface area (Å²) in [5, 5.41) is 7.09. The lowest BCUT2D eigenvalue weighted by molar-refractivity contribution is 0.0174. The van der Waals surface area contributed by atoms with Crippen LogP contribution < -0.4 is 15.4 Å². The molecule has 8 heteroatoms. The van der Waals surface area contributed by atoms with Crippen LogP contribution in [0.2, 0.25) is 0 Å². The number of nitrogens with zero attached hydrogens (tertiary/aromatic N) is 3. The molecule has 1 aromatic carbocycles. The van der Waals surface area contributed by atoms with Crippen LogP contribution in [0.25, 0.3) is 0 Å². The largest absolute Gasteiger partial charge is 0.493 e. The molecule has 7 nitrogen and oxygen atoms in total. The maximum atomic E-state index is 5.83. The number of methoxy groups -OCH3 is 1. The van der Waals surface area contributed by atoms with Crippen LogP contribution in [0.1, 0.15) is 38.5 Å². The third-order valence-electron chi connectivity index (χ3n) is 6.61. The molecule has 2 heterocycles. The minimum absolute atomic E-state index is 0. The van der Waals surface area contributed by atoms with E-state index in [2.05, 4.69) is 32.5 Å². The van der Waals surface area contributed by atoms with Crippen molar-refractivity contribution in [3.8, 4) is 5.75 Å². The van der Waals surface area contributed by atoms with Crippen molar-refractivity contribution in [1.29, 1.82) is 0 Å². The molecule has 0 radical (unpaired) electrons. The Labute approximate surface area is 211 Å². The summed E-state index contributed by atoms with van der Waals surface area (Å²) < 4.78 is 10.9. The molecule has 2 N–H and O–H groups in total. The summed E-state index contributed by atoms with van der Waals surface area (Å²) in [5.41, 5.74) is 1.20. The highest BCUT2D eigenvalue weighted by Crippen LogP contribution is 2.31. The first kappa shape index (κ1) is 27.1. The quantitative estimate of drug-likeness (QED) is 0.209. The normalized spacial score (nSPS) is 19.8. The molecule has 0 unspecified atom stereocenters. The van der Waals surface area contributed by atoms with Crippen molar-refractivity contribution in [3.05, 3.63) is 24.3 Å². The van der Waals surface area contributed by atoms with Gasteiger partial charge in [0.15, 0.2) is 5.96 Å². The van der Waals surface area contributed by atoms with E-state index >= 15 is 0 Å². The second-order valence-corrected chi connectivity index (χ2v) is 8.85. The zero-order valence-electron chi connectivity index (χ0n) is 20.1. The lowest BCUT2D eigenvalue weighted by Crippen LogP contribution is -2.61. The van der Waals surface area contributed by atoms with E-state index in [4.69, 9.17) is 9.47 Å². The maximum absolute atomic E-state index is 5.83. The van der Waals surface area contributed by atoms with Gasteiger partial charge in [-0.05, 0) is 71.0 Å². The lowest BCUT2D eigenvalue weighted by Gasteiger charge is -2.50. The van der Waals surface area contributed by atoms with Gasteiger partial charge in [-0.2, -0.15) is 0 Å². The van der Waals surface area contributed by atoms with Gasteiger partial charge in [0, 0.05) is 51.0 Å². The Balaban J connectivity index is 0.00000363. The van der Waals surface area contributed by atoms with Crippen LogP contribution in [0.5, 0.6) is 5.75 Å². The molecule has 182 valence electrons. The van der Waals surface area contributed by atoms with Gasteiger partial charge in [-0.25, -0.2) is 0 Å². The monoisotopic (exact) mass is 559 g/mol. The molecule has 1 aromatic rings. The van der Waals surface area contributed by atoms with E-state index < -0.39 is 0 Å². The summed E-state index contributed by atoms with van der Waals surface area (Å²) in [6.07, 6.45) is 7.30. The first-order valence-electron chi connectivity index (χ1n) is 11.8. The zero-order chi connectivity index (χ0) is 21.9. The number of guanidine groups is 1. The zero-order valence-corrected chi connectivity index (χ0v) is 22.4. The Kier molecular flexibility index (Phi) is 12.1. The summed E-state index contributed by atoms with van der Waals surface area (Å²) in [5.74, 6) is 1.67. The fourth-order valence-corrected chi connectivity index (χ4v) is 4.63. The molecular formula is C24H42IN5O2. The average molecular weight is 560 g/mol. The topological polar surface area (TPSA) is 61.4 Å². The van der Waals surface area contributed by atoms with Crippen LogP contribution in [0.3, 0.4) is 0 Å². The van der Waals surface area contributed by atoms with Crippen molar-refractivity contribution >= 4 is 35.6 Å². The van der Waals surface area contributed by atoms with Crippen molar-refractivity contribution in [3.63, 3.8) is 0 Å². The Morgan fingerprint density at radius 3 is 2.53 bits per heavy atom. The van der Waals surface area contributed by atoms with Crippen molar-refractivity contribution in [1.82, 2.24) is 15.1 Å². The van der Waals surface area contributed by atoms with Gasteiger partial charge in [-0.3, -0.25) is 9.89 Å². The van der Waals surface area contributed by atoms with Gasteiger partial charge in [0.2, 0.25) is 0 Å². The Morgan fingerprint density at radius 2 is 1.84 bits per heavy atom. The van der Waals surface area contributed by atoms with Gasteiger partial charge in [-0.1, -0.05) is 12.5 Å². The number of anilines is 1. The Bertz CT molecular complexity index is 689. The Morgan fingerprint density at radius 1 is 1.09 bits per heavy atom. The number of benzene rings is 1. The number of aliphatic imine (C=N–C) groups is 1. The minimum Gasteiger partial charge on any atom is -0.493 e. The predicted molar refractivity (Wildman–Crippen MR) is 144 cm³/mol. The summed E-state index contributed by atoms with van der Waals surface area (Å²) in [4.78, 5) is 9.68. The van der Waals surface area contributed by atoms with Crippen LogP contribution in [0.15, 0.2) is 29.3 Å². The fraction of sp³-hybridized carbons (Fsp3) is 0.708. The molecule has 2 saturated heterocycles. The third-order valence-corrected chi connectivity index (χ3v) is 6.61. The fourth-order valence-electron chi connectivity index (χ4n) is 4.63. The molecular weight excluding hydrogens is 517 g/mol. The van der Waals surface area contributed by atoms with Gasteiger partial charge >= 0.3 is 0 Å². The molecule has 0 bridgehead atoms. The van der Waals surface area contributed by atoms with Gasteiger partial charge in [0.1, 0.15) is 5.75 Å². The van der Waals surface area contributed by atoms with Crippen LogP contribution in [0.4, 0.5) is 5.69 Å². The second kappa shape index (κ2) is 14.2. The second-order valence-electron chi connectivity index (χ2n) is 8.85. The number of ether oxygens (including phenoxy) is 2. The molecule has 3 rings (SSSR count). The highest BCUT2D eigenvalue weighted by molar-refractivity contribution is 14.0. The van der Waals surface area contributed by atoms with E-state index in [1.165, 1.54) is 45.2 Å². The van der Waals surface area contributed by atoms with Crippen molar-refractivity contribution < 1.29 is 9.47 Å². The number of rotatable bonds is 9. The molecule has 2 fully saturated rings. The van der Waals surface area contributed by atoms with Gasteiger partial charge in [0.05, 0.1) is 6.61 Å². The predicted octanol–water partition coefficient (Wildman–Crippen LogP) is 3.66. The standard InChI is InChI=1S/C24H41N5O2.HI/c1-25-23(27-21-9-7-10-22(19-21)31-18-8-17-30-3)26-20-24(11-15-28(2)16-12-24)29-13-5-4-6-14-29;/h7,9-10,19H,4-6,8,11-18,20H2,1-3H3,(H2,25,26,27);1H. The smallest absolute Gasteiger partial charge is 0.195 e. The van der Waals surface area contributed by atoms with Gasteiger partial charge in [0.25, 0.3) is 0 Å². The number of hydrogen-bond donors (Lipinski definition) is 2. The van der Waals surface area contributed by atoms with Crippen molar-refractivity contribution in [2.75, 3.05) is 72.5 Å². The molecule has 0 amide bonds. The van der Waals surface area contributed by atoms with E-state index in [1.54, 1.807) is 7.11 Å². The molecule has 0 aliphatic carbocycles. The number of nitrogens with one attached hydrogen (secondary N) is 2. The SMILES string of the molecule is CN=C(NCC1(N2CCCCC2)CCN(C)CC1)Nc1cccc(OCCCOC)c1.I. The number of hydrogen-bond acceptors (Lipinski definition) is 5. The van der Waals surface area contributed by atoms with E-state index in [-0.39, 0.29) is 29.5 Å². The van der Waals surface area contributed by atoms with E-state index in [9.17, 15) is 0 Å². The number of halogens is 1. The maximum Gasteiger partial charge on any atom is 0.195 e. The number of piperidine rings is 2. The van der Waals surface area contributed by atoms with Crippen LogP contribution >= 0.6 is 24.0 Å². The molecule has 2 aliphatic heterocycles. The van der Waals surface area contributed by atoms with Crippen molar-refractivity contribution in [2.24, 2.45) is 4.99 Å². The molecule has 2 aliphatic rings. The minimum atomic E-state index is 0. The average Bonchev–Trinajstić information content (AvgIpc) is 2.81. The third kappa shape index (κ3) is 8.04. The van der Waals surface area contributed by atoms with Crippen LogP contribution in [0, 0.1) is 0 Å². The highest BCUT2D eigenvalue weighted by Gasteiger charge is 2.39. The molecule has 0 aromatic heterocycles. The van der Waals surface area contributed by atoms with Crippen molar-refractivity contribution in [2.45, 2.75) is 44.1 Å². The summed E-state index contributed by atoms with van der Waals surface area (Å²) in [7, 11) is 5.78. The molecule has 0 saturated carbocycles. The van der Waals surface area contributed by atoms with E-state index in [0.717, 1.165) is 43.5 Å². The van der Waals surface area contributed by atoms with Gasteiger partial charge < -0.3 is 25.0 Å². The first-order valence-corrected chi connectivity index (χ1v) is 11.8. The summed E-state index contributed by atoms with van der Waals surface area (Å²) in [6.45, 7) is 7.05. The molecule has 32 heavy (non-hydrogen) atoms. The lowest BCUT2D eigenvalue weighted by atomic mass is 9.84. The van der Waals surface area contributed by atoms with Crippen LogP contribution in [-0.4, -0.2) is 88.4 Å². The van der Waals surface area contributed by atoms with Crippen LogP contribution in [-0.2, 0) is 4.74 Å². The summed E-state index contributed by atoms with van der Waals surface area (Å²) >= 11 is 0.